The molecule has 0 aliphatic rings. The van der Waals surface area contributed by atoms with Gasteiger partial charge < -0.3 is 9.67 Å². The predicted molar refractivity (Wildman–Crippen MR) is 73.7 cm³/mol. The summed E-state index contributed by atoms with van der Waals surface area (Å²) in [7, 11) is 1.97. The molecule has 6 heteroatoms. The van der Waals surface area contributed by atoms with Crippen molar-refractivity contribution in [1.82, 2.24) is 9.55 Å². The number of nitrogens with zero attached hydrogens (tertiary/aromatic N) is 5. The summed E-state index contributed by atoms with van der Waals surface area (Å²) in [5.41, 5.74) is 11.5. The topological polar surface area (TPSA) is 86.8 Å². The third kappa shape index (κ3) is 2.70. The smallest absolute Gasteiger partial charge is 0.106 e. The van der Waals surface area contributed by atoms with Crippen molar-refractivity contribution in [1.29, 1.82) is 0 Å². The van der Waals surface area contributed by atoms with E-state index in [-0.39, 0.29) is 12.6 Å². The highest BCUT2D eigenvalue weighted by Crippen LogP contribution is 2.26. The van der Waals surface area contributed by atoms with Crippen LogP contribution >= 0.6 is 0 Å². The summed E-state index contributed by atoms with van der Waals surface area (Å²) < 4.78 is 2.02. The van der Waals surface area contributed by atoms with Gasteiger partial charge in [-0.3, -0.25) is 0 Å². The molecular weight excluding hydrogens is 242 g/mol. The molecule has 1 N–H and O–H groups in total. The zero-order valence-electron chi connectivity index (χ0n) is 11.1. The summed E-state index contributed by atoms with van der Waals surface area (Å²) in [5.74, 6) is 0.947. The third-order valence-electron chi connectivity index (χ3n) is 3.34. The van der Waals surface area contributed by atoms with Gasteiger partial charge in [-0.15, -0.1) is 0 Å². The minimum absolute atomic E-state index is 0.0996. The van der Waals surface area contributed by atoms with E-state index in [0.29, 0.717) is 12.8 Å². The summed E-state index contributed by atoms with van der Waals surface area (Å²) in [5, 5.41) is 12.7. The zero-order valence-corrected chi connectivity index (χ0v) is 11.1. The number of aryl methyl sites for hydroxylation is 2. The molecule has 100 valence electrons. The molecule has 1 unspecified atom stereocenters. The molecule has 0 amide bonds. The summed E-state index contributed by atoms with van der Waals surface area (Å²) in [6, 6.07) is 5.66. The van der Waals surface area contributed by atoms with Crippen molar-refractivity contribution in [3.8, 4) is 0 Å². The van der Waals surface area contributed by atoms with Crippen LogP contribution in [-0.4, -0.2) is 21.3 Å². The second-order valence-corrected chi connectivity index (χ2v) is 4.55. The Bertz CT molecular complexity index is 627. The van der Waals surface area contributed by atoms with E-state index < -0.39 is 0 Å². The quantitative estimate of drug-likeness (QED) is 0.508. The minimum atomic E-state index is -0.246. The van der Waals surface area contributed by atoms with Crippen LogP contribution in [0.4, 0.5) is 0 Å². The minimum Gasteiger partial charge on any atom is -0.396 e. The van der Waals surface area contributed by atoms with E-state index in [1.54, 1.807) is 0 Å². The van der Waals surface area contributed by atoms with Crippen molar-refractivity contribution < 1.29 is 5.11 Å². The zero-order chi connectivity index (χ0) is 13.8. The van der Waals surface area contributed by atoms with Gasteiger partial charge in [-0.25, -0.2) is 4.98 Å². The van der Waals surface area contributed by atoms with Crippen LogP contribution in [0.25, 0.3) is 21.5 Å². The van der Waals surface area contributed by atoms with Crippen LogP contribution in [0.15, 0.2) is 23.3 Å². The van der Waals surface area contributed by atoms with Crippen molar-refractivity contribution in [2.75, 3.05) is 6.61 Å². The maximum atomic E-state index is 8.89. The molecule has 0 bridgehead atoms. The van der Waals surface area contributed by atoms with E-state index >= 15 is 0 Å². The molecule has 19 heavy (non-hydrogen) atoms. The fraction of sp³-hybridized carbons (Fsp3) is 0.462. The van der Waals surface area contributed by atoms with Crippen LogP contribution in [0.5, 0.6) is 0 Å². The predicted octanol–water partition coefficient (Wildman–Crippen LogP) is 3.01. The number of rotatable bonds is 5. The van der Waals surface area contributed by atoms with Gasteiger partial charge in [0.25, 0.3) is 0 Å². The maximum absolute atomic E-state index is 8.89. The highest BCUT2D eigenvalue weighted by atomic mass is 16.2. The van der Waals surface area contributed by atoms with Crippen LogP contribution in [0.2, 0.25) is 0 Å². The Kier molecular flexibility index (Phi) is 4.04. The summed E-state index contributed by atoms with van der Waals surface area (Å²) in [4.78, 5) is 7.36. The van der Waals surface area contributed by atoms with Crippen molar-refractivity contribution in [2.45, 2.75) is 25.8 Å². The molecule has 0 radical (unpaired) electrons. The first-order chi connectivity index (χ1) is 9.17. The van der Waals surface area contributed by atoms with Crippen molar-refractivity contribution >= 4 is 11.0 Å². The number of imidazole rings is 1. The molecule has 6 nitrogen and oxygen atoms in total. The van der Waals surface area contributed by atoms with E-state index in [4.69, 9.17) is 10.6 Å². The lowest BCUT2D eigenvalue weighted by Crippen LogP contribution is -1.97. The first-order valence-electron chi connectivity index (χ1n) is 6.25. The number of fused-ring (bicyclic) bond motifs is 1. The van der Waals surface area contributed by atoms with Crippen LogP contribution in [0.3, 0.4) is 0 Å². The molecular formula is C13H17N5O. The molecule has 0 aliphatic carbocycles. The molecule has 0 saturated heterocycles. The number of azide groups is 1. The molecule has 0 spiro atoms. The first-order valence-corrected chi connectivity index (χ1v) is 6.25. The molecule has 0 aliphatic heterocycles. The van der Waals surface area contributed by atoms with Gasteiger partial charge in [0.1, 0.15) is 5.82 Å². The van der Waals surface area contributed by atoms with Gasteiger partial charge in [-0.1, -0.05) is 11.2 Å². The monoisotopic (exact) mass is 259 g/mol. The SMILES string of the molecule is Cc1nc2cc(C(CCCO)N=[N+]=[N-])ccc2n1C. The molecule has 2 aromatic rings. The van der Waals surface area contributed by atoms with Gasteiger partial charge in [0.2, 0.25) is 0 Å². The number of aromatic nitrogens is 2. The highest BCUT2D eigenvalue weighted by molar-refractivity contribution is 5.76. The third-order valence-corrected chi connectivity index (χ3v) is 3.34. The van der Waals surface area contributed by atoms with Crippen molar-refractivity contribution in [3.05, 3.63) is 40.0 Å². The Balaban J connectivity index is 2.40. The van der Waals surface area contributed by atoms with Crippen LogP contribution in [-0.2, 0) is 7.05 Å². The number of benzene rings is 1. The van der Waals surface area contributed by atoms with Gasteiger partial charge in [-0.05, 0) is 43.0 Å². The van der Waals surface area contributed by atoms with Crippen LogP contribution in [0, 0.1) is 6.92 Å². The van der Waals surface area contributed by atoms with Crippen molar-refractivity contribution in [3.63, 3.8) is 0 Å². The average Bonchev–Trinajstić information content (AvgIpc) is 2.69. The lowest BCUT2D eigenvalue weighted by Gasteiger charge is -2.10. The Morgan fingerprint density at radius 1 is 1.53 bits per heavy atom. The summed E-state index contributed by atoms with van der Waals surface area (Å²) >= 11 is 0. The van der Waals surface area contributed by atoms with Crippen LogP contribution in [0.1, 0.15) is 30.3 Å². The van der Waals surface area contributed by atoms with Gasteiger partial charge in [0, 0.05) is 18.6 Å². The van der Waals surface area contributed by atoms with E-state index in [1.165, 1.54) is 0 Å². The van der Waals surface area contributed by atoms with E-state index in [2.05, 4.69) is 15.0 Å². The lowest BCUT2D eigenvalue weighted by molar-refractivity contribution is 0.280. The highest BCUT2D eigenvalue weighted by Gasteiger charge is 2.12. The maximum Gasteiger partial charge on any atom is 0.106 e. The Morgan fingerprint density at radius 2 is 2.32 bits per heavy atom. The Labute approximate surface area is 111 Å². The molecule has 1 aromatic heterocycles. The van der Waals surface area contributed by atoms with Crippen LogP contribution < -0.4 is 0 Å². The standard InChI is InChI=1S/C13H17N5O/c1-9-15-12-8-10(5-6-13(12)18(9)2)11(16-17-14)4-3-7-19/h5-6,8,11,19H,3-4,7H2,1-2H3. The Hall–Kier alpha value is -2.04. The molecule has 1 atom stereocenters. The molecule has 1 aromatic carbocycles. The average molecular weight is 259 g/mol. The van der Waals surface area contributed by atoms with Gasteiger partial charge in [0.15, 0.2) is 0 Å². The largest absolute Gasteiger partial charge is 0.396 e. The van der Waals surface area contributed by atoms with E-state index in [1.807, 2.05) is 36.7 Å². The van der Waals surface area contributed by atoms with Gasteiger partial charge in [0.05, 0.1) is 17.1 Å². The number of aliphatic hydroxyl groups is 1. The molecule has 2 rings (SSSR count). The first kappa shape index (κ1) is 13.4. The number of hydrogen-bond donors (Lipinski definition) is 1. The van der Waals surface area contributed by atoms with Gasteiger partial charge >= 0.3 is 0 Å². The second kappa shape index (κ2) is 5.73. The fourth-order valence-corrected chi connectivity index (χ4v) is 2.18. The van der Waals surface area contributed by atoms with E-state index in [9.17, 15) is 0 Å². The lowest BCUT2D eigenvalue weighted by atomic mass is 10.0. The second-order valence-electron chi connectivity index (χ2n) is 4.55. The number of aliphatic hydroxyl groups excluding tert-OH is 1. The van der Waals surface area contributed by atoms with E-state index in [0.717, 1.165) is 22.4 Å². The summed E-state index contributed by atoms with van der Waals surface area (Å²) in [6.45, 7) is 2.05. The van der Waals surface area contributed by atoms with Gasteiger partial charge in [-0.2, -0.15) is 0 Å². The number of hydrogen-bond acceptors (Lipinski definition) is 3. The Morgan fingerprint density at radius 3 is 3.00 bits per heavy atom. The molecule has 1 heterocycles. The van der Waals surface area contributed by atoms with Crippen molar-refractivity contribution in [2.24, 2.45) is 12.2 Å². The summed E-state index contributed by atoms with van der Waals surface area (Å²) in [6.07, 6.45) is 1.25. The fourth-order valence-electron chi connectivity index (χ4n) is 2.18. The normalized spacial score (nSPS) is 12.4. The molecule has 0 fully saturated rings. The molecule has 0 saturated carbocycles.